The van der Waals surface area contributed by atoms with Gasteiger partial charge in [-0.3, -0.25) is 4.90 Å². The number of hydrogen-bond donors (Lipinski definition) is 2. The van der Waals surface area contributed by atoms with Crippen molar-refractivity contribution >= 4 is 41.3 Å². The topological polar surface area (TPSA) is 88.8 Å². The molecule has 0 aromatic carbocycles. The predicted octanol–water partition coefficient (Wildman–Crippen LogP) is 2.34. The van der Waals surface area contributed by atoms with E-state index in [1.807, 2.05) is 18.5 Å². The zero-order valence-corrected chi connectivity index (χ0v) is 22.6. The standard InChI is InChI=1S/C21H35N7O2S.HI/c1-16-15-28(9-11-30-16)18(19-7-5-12-31-19)13-23-21(22-8-6-10-29-4)24-14-20-26-25-17(2)27(20)3;/h5,7,12,16,18H,6,8-11,13-15H2,1-4H3,(H2,22,23,24);1H. The number of halogens is 1. The van der Waals surface area contributed by atoms with E-state index in [2.05, 4.69) is 50.2 Å². The number of hydrogen-bond acceptors (Lipinski definition) is 7. The van der Waals surface area contributed by atoms with Crippen LogP contribution in [0.2, 0.25) is 0 Å². The molecule has 0 spiro atoms. The minimum Gasteiger partial charge on any atom is -0.385 e. The molecule has 0 amide bonds. The number of rotatable bonds is 10. The number of guanidine groups is 1. The quantitative estimate of drug-likeness (QED) is 0.194. The van der Waals surface area contributed by atoms with Crippen LogP contribution in [0.1, 0.15) is 35.9 Å². The minimum atomic E-state index is 0. The highest BCUT2D eigenvalue weighted by Gasteiger charge is 2.26. The van der Waals surface area contributed by atoms with Gasteiger partial charge >= 0.3 is 0 Å². The number of nitrogens with zero attached hydrogens (tertiary/aromatic N) is 5. The summed E-state index contributed by atoms with van der Waals surface area (Å²) in [5, 5.41) is 17.5. The van der Waals surface area contributed by atoms with Crippen molar-refractivity contribution in [2.45, 2.75) is 39.0 Å². The average molecular weight is 578 g/mol. The Labute approximate surface area is 212 Å². The number of nitrogens with one attached hydrogen (secondary N) is 2. The van der Waals surface area contributed by atoms with E-state index >= 15 is 0 Å². The van der Waals surface area contributed by atoms with E-state index < -0.39 is 0 Å². The van der Waals surface area contributed by atoms with E-state index in [1.54, 1.807) is 18.4 Å². The second kappa shape index (κ2) is 14.1. The van der Waals surface area contributed by atoms with Crippen molar-refractivity contribution < 1.29 is 9.47 Å². The third-order valence-corrected chi connectivity index (χ3v) is 6.40. The fraction of sp³-hybridized carbons (Fsp3) is 0.667. The van der Waals surface area contributed by atoms with Crippen LogP contribution >= 0.6 is 35.3 Å². The maximum Gasteiger partial charge on any atom is 0.191 e. The summed E-state index contributed by atoms with van der Waals surface area (Å²) >= 11 is 1.80. The van der Waals surface area contributed by atoms with E-state index in [9.17, 15) is 0 Å². The fourth-order valence-corrected chi connectivity index (χ4v) is 4.41. The fourth-order valence-electron chi connectivity index (χ4n) is 3.55. The lowest BCUT2D eigenvalue weighted by molar-refractivity contribution is -0.0334. The number of morpholine rings is 1. The molecule has 32 heavy (non-hydrogen) atoms. The third-order valence-electron chi connectivity index (χ3n) is 5.43. The molecule has 1 aliphatic rings. The summed E-state index contributed by atoms with van der Waals surface area (Å²) in [7, 11) is 3.68. The van der Waals surface area contributed by atoms with Crippen molar-refractivity contribution in [3.05, 3.63) is 34.0 Å². The summed E-state index contributed by atoms with van der Waals surface area (Å²) in [5.41, 5.74) is 0. The lowest BCUT2D eigenvalue weighted by Gasteiger charge is -2.37. The molecule has 11 heteroatoms. The Morgan fingerprint density at radius 2 is 2.25 bits per heavy atom. The first-order chi connectivity index (χ1) is 15.1. The summed E-state index contributed by atoms with van der Waals surface area (Å²) in [6.45, 7) is 9.44. The van der Waals surface area contributed by atoms with Gasteiger partial charge in [0, 0.05) is 51.8 Å². The summed E-state index contributed by atoms with van der Waals surface area (Å²) in [6.07, 6.45) is 1.16. The predicted molar refractivity (Wildman–Crippen MR) is 139 cm³/mol. The monoisotopic (exact) mass is 577 g/mol. The maximum absolute atomic E-state index is 5.76. The van der Waals surface area contributed by atoms with Gasteiger partial charge in [-0.05, 0) is 31.7 Å². The van der Waals surface area contributed by atoms with Crippen LogP contribution in [0.4, 0.5) is 0 Å². The van der Waals surface area contributed by atoms with Crippen molar-refractivity contribution in [1.29, 1.82) is 0 Å². The van der Waals surface area contributed by atoms with Crippen LogP contribution in [-0.4, -0.2) is 78.2 Å². The third kappa shape index (κ3) is 7.94. The highest BCUT2D eigenvalue weighted by atomic mass is 127. The van der Waals surface area contributed by atoms with Crippen molar-refractivity contribution in [3.8, 4) is 0 Å². The van der Waals surface area contributed by atoms with E-state index in [0.717, 1.165) is 56.8 Å². The Morgan fingerprint density at radius 1 is 1.41 bits per heavy atom. The van der Waals surface area contributed by atoms with Gasteiger partial charge in [0.2, 0.25) is 0 Å². The molecule has 1 aliphatic heterocycles. The van der Waals surface area contributed by atoms with Gasteiger partial charge in [-0.15, -0.1) is 45.5 Å². The van der Waals surface area contributed by atoms with Crippen LogP contribution in [0.5, 0.6) is 0 Å². The highest BCUT2D eigenvalue weighted by Crippen LogP contribution is 2.26. The van der Waals surface area contributed by atoms with Gasteiger partial charge in [-0.2, -0.15) is 0 Å². The normalized spacial score (nSPS) is 18.2. The number of thiophene rings is 1. The van der Waals surface area contributed by atoms with Crippen LogP contribution in [-0.2, 0) is 23.1 Å². The molecule has 0 saturated carbocycles. The van der Waals surface area contributed by atoms with E-state index in [4.69, 9.17) is 14.5 Å². The number of aliphatic imine (C=N–C) groups is 1. The second-order valence-corrected chi connectivity index (χ2v) is 8.73. The average Bonchev–Trinajstić information content (AvgIpc) is 3.40. The molecule has 180 valence electrons. The van der Waals surface area contributed by atoms with Crippen molar-refractivity contribution in [2.24, 2.45) is 12.0 Å². The second-order valence-electron chi connectivity index (χ2n) is 7.75. The summed E-state index contributed by atoms with van der Waals surface area (Å²) < 4.78 is 12.9. The molecule has 3 heterocycles. The van der Waals surface area contributed by atoms with Crippen LogP contribution in [0.25, 0.3) is 0 Å². The maximum atomic E-state index is 5.76. The molecule has 3 rings (SSSR count). The Hall–Kier alpha value is -1.28. The SMILES string of the molecule is COCCCNC(=NCc1nnc(C)n1C)NCC(c1cccs1)N1CCOC(C)C1.I. The largest absolute Gasteiger partial charge is 0.385 e. The van der Waals surface area contributed by atoms with E-state index in [0.29, 0.717) is 13.2 Å². The van der Waals surface area contributed by atoms with Gasteiger partial charge in [0.25, 0.3) is 0 Å². The number of aromatic nitrogens is 3. The molecule has 2 aromatic heterocycles. The minimum absolute atomic E-state index is 0. The smallest absolute Gasteiger partial charge is 0.191 e. The van der Waals surface area contributed by atoms with Gasteiger partial charge in [0.05, 0.1) is 18.8 Å². The molecule has 9 nitrogen and oxygen atoms in total. The molecule has 2 aromatic rings. The first-order valence-electron chi connectivity index (χ1n) is 10.8. The molecule has 0 bridgehead atoms. The van der Waals surface area contributed by atoms with Crippen LogP contribution < -0.4 is 10.6 Å². The Kier molecular flexibility index (Phi) is 11.9. The van der Waals surface area contributed by atoms with Gasteiger partial charge < -0.3 is 24.7 Å². The molecule has 0 radical (unpaired) electrons. The first kappa shape index (κ1) is 27.0. The lowest BCUT2D eigenvalue weighted by atomic mass is 10.1. The summed E-state index contributed by atoms with van der Waals surface area (Å²) in [6, 6.07) is 4.60. The number of ether oxygens (including phenoxy) is 2. The summed E-state index contributed by atoms with van der Waals surface area (Å²) in [5.74, 6) is 2.50. The van der Waals surface area contributed by atoms with Gasteiger partial charge in [-0.1, -0.05) is 6.07 Å². The van der Waals surface area contributed by atoms with Crippen molar-refractivity contribution in [2.75, 3.05) is 46.5 Å². The van der Waals surface area contributed by atoms with Gasteiger partial charge in [0.1, 0.15) is 12.4 Å². The van der Waals surface area contributed by atoms with Crippen LogP contribution in [0.15, 0.2) is 22.5 Å². The molecule has 1 fully saturated rings. The first-order valence-corrected chi connectivity index (χ1v) is 11.7. The molecular formula is C21H36IN7O2S. The zero-order valence-electron chi connectivity index (χ0n) is 19.4. The van der Waals surface area contributed by atoms with Gasteiger partial charge in [0.15, 0.2) is 11.8 Å². The van der Waals surface area contributed by atoms with Crippen LogP contribution in [0, 0.1) is 6.92 Å². The van der Waals surface area contributed by atoms with Crippen LogP contribution in [0.3, 0.4) is 0 Å². The molecule has 1 saturated heterocycles. The summed E-state index contributed by atoms with van der Waals surface area (Å²) in [4.78, 5) is 8.62. The number of aryl methyl sites for hydroxylation is 1. The van der Waals surface area contributed by atoms with Crippen molar-refractivity contribution in [3.63, 3.8) is 0 Å². The molecule has 0 aliphatic carbocycles. The number of methoxy groups -OCH3 is 1. The van der Waals surface area contributed by atoms with Gasteiger partial charge in [-0.25, -0.2) is 4.99 Å². The Balaban J connectivity index is 0.00000363. The molecule has 2 atom stereocenters. The highest BCUT2D eigenvalue weighted by molar-refractivity contribution is 14.0. The lowest BCUT2D eigenvalue weighted by Crippen LogP contribution is -2.48. The molecular weight excluding hydrogens is 541 g/mol. The zero-order chi connectivity index (χ0) is 22.1. The Morgan fingerprint density at radius 3 is 2.91 bits per heavy atom. The molecule has 2 N–H and O–H groups in total. The molecule has 2 unspecified atom stereocenters. The van der Waals surface area contributed by atoms with Crippen molar-refractivity contribution in [1.82, 2.24) is 30.3 Å². The Bertz CT molecular complexity index is 815. The van der Waals surface area contributed by atoms with E-state index in [-0.39, 0.29) is 36.1 Å². The van der Waals surface area contributed by atoms with E-state index in [1.165, 1.54) is 4.88 Å².